The number of hydrogen-bond acceptors (Lipinski definition) is 7. The van der Waals surface area contributed by atoms with Crippen molar-refractivity contribution in [3.63, 3.8) is 0 Å². The van der Waals surface area contributed by atoms with Crippen LogP contribution in [-0.2, 0) is 9.53 Å². The second-order valence-corrected chi connectivity index (χ2v) is 6.36. The molecule has 0 radical (unpaired) electrons. The van der Waals surface area contributed by atoms with Crippen LogP contribution in [0.5, 0.6) is 0 Å². The summed E-state index contributed by atoms with van der Waals surface area (Å²) < 4.78 is 19.3. The maximum absolute atomic E-state index is 13.5. The summed E-state index contributed by atoms with van der Waals surface area (Å²) in [6, 6.07) is 3.25. The Balaban J connectivity index is 1.98. The average molecular weight is 404 g/mol. The first-order valence-corrected chi connectivity index (χ1v) is 8.43. The predicted octanol–water partition coefficient (Wildman–Crippen LogP) is -0.756. The second kappa shape index (κ2) is 7.66. The summed E-state index contributed by atoms with van der Waals surface area (Å²) in [6.45, 7) is -0.0864. The Kier molecular flexibility index (Phi) is 5.26. The van der Waals surface area contributed by atoms with Crippen LogP contribution in [0.3, 0.4) is 0 Å². The van der Waals surface area contributed by atoms with Gasteiger partial charge in [0.2, 0.25) is 0 Å². The molecule has 29 heavy (non-hydrogen) atoms. The Bertz CT molecular complexity index is 1010. The van der Waals surface area contributed by atoms with E-state index in [1.165, 1.54) is 23.1 Å². The van der Waals surface area contributed by atoms with E-state index >= 15 is 0 Å². The molecule has 1 aromatic carbocycles. The van der Waals surface area contributed by atoms with Gasteiger partial charge in [0.05, 0.1) is 13.2 Å². The van der Waals surface area contributed by atoms with Crippen LogP contribution in [0, 0.1) is 5.82 Å². The number of benzene rings is 1. The summed E-state index contributed by atoms with van der Waals surface area (Å²) in [5, 5.41) is 7.34. The number of halogens is 1. The van der Waals surface area contributed by atoms with E-state index in [1.807, 2.05) is 0 Å². The van der Waals surface area contributed by atoms with Crippen LogP contribution in [0.15, 0.2) is 24.3 Å². The van der Waals surface area contributed by atoms with Crippen molar-refractivity contribution in [2.75, 3.05) is 13.7 Å². The van der Waals surface area contributed by atoms with Gasteiger partial charge in [-0.05, 0) is 18.2 Å². The molecule has 0 spiro atoms. The van der Waals surface area contributed by atoms with E-state index < -0.39 is 47.3 Å². The molecule has 1 aromatic heterocycles. The number of carbonyl (C=O) groups is 4. The molecule has 0 bridgehead atoms. The maximum Gasteiger partial charge on any atom is 0.328 e. The molecule has 12 heteroatoms. The summed E-state index contributed by atoms with van der Waals surface area (Å²) in [5.74, 6) is -3.92. The van der Waals surface area contributed by atoms with Gasteiger partial charge in [0.15, 0.2) is 11.4 Å². The average Bonchev–Trinajstić information content (AvgIpc) is 3.31. The quantitative estimate of drug-likeness (QED) is 0.619. The van der Waals surface area contributed by atoms with Gasteiger partial charge in [-0.1, -0.05) is 11.3 Å². The number of primary amides is 2. The minimum atomic E-state index is -1.03. The number of rotatable bonds is 5. The van der Waals surface area contributed by atoms with Crippen molar-refractivity contribution in [3.05, 3.63) is 47.0 Å². The highest BCUT2D eigenvalue weighted by Crippen LogP contribution is 2.30. The fourth-order valence-electron chi connectivity index (χ4n) is 3.31. The molecule has 2 aromatic rings. The normalized spacial score (nSPS) is 18.5. The van der Waals surface area contributed by atoms with E-state index in [2.05, 4.69) is 10.3 Å². The lowest BCUT2D eigenvalue weighted by molar-refractivity contribution is -0.145. The highest BCUT2D eigenvalue weighted by atomic mass is 19.1. The zero-order chi connectivity index (χ0) is 21.3. The van der Waals surface area contributed by atoms with Crippen LogP contribution in [0.25, 0.3) is 0 Å². The molecular weight excluding hydrogens is 387 g/mol. The molecule has 0 aliphatic carbocycles. The van der Waals surface area contributed by atoms with Crippen molar-refractivity contribution in [3.8, 4) is 0 Å². The minimum Gasteiger partial charge on any atom is -0.467 e. The summed E-state index contributed by atoms with van der Waals surface area (Å²) in [6.07, 6.45) is 0.00949. The molecule has 3 rings (SSSR count). The molecule has 1 aliphatic rings. The van der Waals surface area contributed by atoms with Gasteiger partial charge in [0, 0.05) is 18.5 Å². The molecule has 1 aliphatic heterocycles. The van der Waals surface area contributed by atoms with Crippen LogP contribution in [0.4, 0.5) is 4.39 Å². The molecule has 0 saturated carbocycles. The van der Waals surface area contributed by atoms with Crippen molar-refractivity contribution < 1.29 is 28.3 Å². The molecule has 152 valence electrons. The van der Waals surface area contributed by atoms with E-state index in [0.717, 1.165) is 17.9 Å². The molecule has 4 N–H and O–H groups in total. The molecular formula is C17H17FN6O5. The largest absolute Gasteiger partial charge is 0.467 e. The van der Waals surface area contributed by atoms with Crippen LogP contribution in [0.1, 0.15) is 43.8 Å². The summed E-state index contributed by atoms with van der Waals surface area (Å²) in [4.78, 5) is 49.6. The fourth-order valence-corrected chi connectivity index (χ4v) is 3.31. The van der Waals surface area contributed by atoms with Gasteiger partial charge in [-0.2, -0.15) is 0 Å². The number of methoxy groups -OCH3 is 1. The second-order valence-electron chi connectivity index (χ2n) is 6.36. The van der Waals surface area contributed by atoms with Crippen LogP contribution < -0.4 is 11.5 Å². The lowest BCUT2D eigenvalue weighted by Crippen LogP contribution is -2.41. The number of ether oxygens (including phenoxy) is 1. The number of nitrogens with two attached hydrogens (primary N) is 2. The number of likely N-dealkylation sites (tertiary alicyclic amines) is 1. The summed E-state index contributed by atoms with van der Waals surface area (Å²) in [5.41, 5.74) is 9.81. The van der Waals surface area contributed by atoms with Gasteiger partial charge in [0.1, 0.15) is 11.9 Å². The van der Waals surface area contributed by atoms with Gasteiger partial charge >= 0.3 is 5.97 Å². The van der Waals surface area contributed by atoms with E-state index in [9.17, 15) is 23.6 Å². The van der Waals surface area contributed by atoms with Gasteiger partial charge in [-0.3, -0.25) is 14.4 Å². The van der Waals surface area contributed by atoms with Crippen molar-refractivity contribution in [1.29, 1.82) is 0 Å². The number of amides is 3. The minimum absolute atomic E-state index is 0.00949. The van der Waals surface area contributed by atoms with E-state index in [0.29, 0.717) is 0 Å². The third-order valence-electron chi connectivity index (χ3n) is 4.59. The van der Waals surface area contributed by atoms with Crippen molar-refractivity contribution in [1.82, 2.24) is 19.9 Å². The van der Waals surface area contributed by atoms with Crippen molar-refractivity contribution >= 4 is 23.7 Å². The molecule has 1 saturated heterocycles. The smallest absolute Gasteiger partial charge is 0.328 e. The molecule has 2 atom stereocenters. The number of aromatic nitrogens is 3. The fraction of sp³-hybridized carbons (Fsp3) is 0.294. The summed E-state index contributed by atoms with van der Waals surface area (Å²) >= 11 is 0. The Hall–Kier alpha value is -3.83. The maximum atomic E-state index is 13.5. The van der Waals surface area contributed by atoms with E-state index in [-0.39, 0.29) is 24.2 Å². The Morgan fingerprint density at radius 3 is 2.52 bits per heavy atom. The Labute approximate surface area is 163 Å². The highest BCUT2D eigenvalue weighted by Gasteiger charge is 2.43. The monoisotopic (exact) mass is 404 g/mol. The molecule has 3 amide bonds. The molecule has 0 unspecified atom stereocenters. The van der Waals surface area contributed by atoms with E-state index in [1.54, 1.807) is 0 Å². The molecule has 1 fully saturated rings. The number of esters is 1. The zero-order valence-electron chi connectivity index (χ0n) is 15.2. The van der Waals surface area contributed by atoms with Gasteiger partial charge in [-0.15, -0.1) is 5.10 Å². The standard InChI is InChI=1S/C17H17FN6O5/c1-29-17(28)11-6-10(24-13(15(20)26)12(14(19)25)21-22-24)7-23(11)16(27)8-3-2-4-9(18)5-8/h2-5,10-11H,6-7H2,1H3,(H2,19,25)(H2,20,26)/t10-,11+/m0/s1. The van der Waals surface area contributed by atoms with Crippen LogP contribution >= 0.6 is 0 Å². The number of hydrogen-bond donors (Lipinski definition) is 2. The highest BCUT2D eigenvalue weighted by molar-refractivity contribution is 6.03. The number of nitrogens with zero attached hydrogens (tertiary/aromatic N) is 4. The zero-order valence-corrected chi connectivity index (χ0v) is 15.2. The third kappa shape index (κ3) is 3.63. The van der Waals surface area contributed by atoms with Gasteiger partial charge < -0.3 is 21.1 Å². The first-order valence-electron chi connectivity index (χ1n) is 8.43. The van der Waals surface area contributed by atoms with Crippen molar-refractivity contribution in [2.45, 2.75) is 18.5 Å². The first kappa shape index (κ1) is 19.9. The summed E-state index contributed by atoms with van der Waals surface area (Å²) in [7, 11) is 1.16. The third-order valence-corrected chi connectivity index (χ3v) is 4.59. The predicted molar refractivity (Wildman–Crippen MR) is 94.0 cm³/mol. The molecule has 2 heterocycles. The SMILES string of the molecule is COC(=O)[C@H]1C[C@H](n2nnc(C(N)=O)c2C(N)=O)CN1C(=O)c1cccc(F)c1. The number of carbonyl (C=O) groups excluding carboxylic acids is 4. The lowest BCUT2D eigenvalue weighted by Gasteiger charge is -2.22. The lowest BCUT2D eigenvalue weighted by atomic mass is 10.1. The topological polar surface area (TPSA) is 164 Å². The van der Waals surface area contributed by atoms with Crippen LogP contribution in [0.2, 0.25) is 0 Å². The van der Waals surface area contributed by atoms with E-state index in [4.69, 9.17) is 16.2 Å². The van der Waals surface area contributed by atoms with Crippen molar-refractivity contribution in [2.24, 2.45) is 11.5 Å². The Morgan fingerprint density at radius 1 is 1.21 bits per heavy atom. The van der Waals surface area contributed by atoms with Crippen LogP contribution in [-0.4, -0.2) is 63.3 Å². The Morgan fingerprint density at radius 2 is 1.93 bits per heavy atom. The van der Waals surface area contributed by atoms with Gasteiger partial charge in [-0.25, -0.2) is 13.9 Å². The molecule has 11 nitrogen and oxygen atoms in total. The van der Waals surface area contributed by atoms with Gasteiger partial charge in [0.25, 0.3) is 17.7 Å². The first-order chi connectivity index (χ1) is 13.7.